The molecule has 162 valence electrons. The molecule has 29 heavy (non-hydrogen) atoms. The van der Waals surface area contributed by atoms with E-state index in [4.69, 9.17) is 4.84 Å². The maximum absolute atomic E-state index is 12.3. The van der Waals surface area contributed by atoms with Crippen LogP contribution in [0.4, 0.5) is 0 Å². The molecule has 2 rings (SSSR count). The van der Waals surface area contributed by atoms with E-state index in [1.807, 2.05) is 19.0 Å². The molecule has 0 radical (unpaired) electrons. The van der Waals surface area contributed by atoms with Gasteiger partial charge in [0, 0.05) is 51.5 Å². The second-order valence-corrected chi connectivity index (χ2v) is 7.43. The van der Waals surface area contributed by atoms with E-state index in [1.165, 1.54) is 0 Å². The van der Waals surface area contributed by atoms with Crippen molar-refractivity contribution in [3.05, 3.63) is 0 Å². The lowest BCUT2D eigenvalue weighted by Crippen LogP contribution is -2.59. The van der Waals surface area contributed by atoms with Gasteiger partial charge in [-0.25, -0.2) is 4.79 Å². The maximum atomic E-state index is 12.3. The first kappa shape index (κ1) is 22.8. The van der Waals surface area contributed by atoms with Gasteiger partial charge in [0.15, 0.2) is 0 Å². The molecule has 11 heteroatoms. The van der Waals surface area contributed by atoms with E-state index in [2.05, 4.69) is 22.5 Å². The summed E-state index contributed by atoms with van der Waals surface area (Å²) in [6.07, 6.45) is -0.0415. The molecule has 0 aromatic carbocycles. The van der Waals surface area contributed by atoms with E-state index in [1.54, 1.807) is 0 Å². The first-order valence-electron chi connectivity index (χ1n) is 9.70. The summed E-state index contributed by atoms with van der Waals surface area (Å²) in [5, 5.41) is 5.77. The van der Waals surface area contributed by atoms with Gasteiger partial charge < -0.3 is 20.4 Å². The molecule has 0 saturated carbocycles. The predicted molar refractivity (Wildman–Crippen MR) is 101 cm³/mol. The summed E-state index contributed by atoms with van der Waals surface area (Å²) < 4.78 is 0. The molecule has 2 aliphatic rings. The topological polar surface area (TPSA) is 128 Å². The predicted octanol–water partition coefficient (Wildman–Crippen LogP) is -1.76. The molecular weight excluding hydrogens is 392 g/mol. The van der Waals surface area contributed by atoms with E-state index in [0.29, 0.717) is 17.6 Å². The molecule has 2 atom stereocenters. The van der Waals surface area contributed by atoms with Crippen molar-refractivity contribution in [2.75, 3.05) is 40.3 Å². The number of amides is 4. The van der Waals surface area contributed by atoms with Gasteiger partial charge in [-0.2, -0.15) is 0 Å². The molecule has 0 aromatic heterocycles. The monoisotopic (exact) mass is 421 g/mol. The smallest absolute Gasteiger partial charge is 0.334 e. The second kappa shape index (κ2) is 10.3. The molecular formula is C18H29N5O6. The molecule has 11 nitrogen and oxygen atoms in total. The van der Waals surface area contributed by atoms with Crippen LogP contribution in [0.3, 0.4) is 0 Å². The number of hydrogen-bond acceptors (Lipinski definition) is 8. The highest BCUT2D eigenvalue weighted by molar-refractivity contribution is 6.01. The molecule has 0 aliphatic carbocycles. The van der Waals surface area contributed by atoms with E-state index in [9.17, 15) is 24.0 Å². The third-order valence-electron chi connectivity index (χ3n) is 5.10. The van der Waals surface area contributed by atoms with Crippen LogP contribution in [-0.4, -0.2) is 96.8 Å². The van der Waals surface area contributed by atoms with Crippen molar-refractivity contribution in [3.8, 4) is 0 Å². The summed E-state index contributed by atoms with van der Waals surface area (Å²) >= 11 is 0. The van der Waals surface area contributed by atoms with Gasteiger partial charge in [0.25, 0.3) is 11.8 Å². The van der Waals surface area contributed by atoms with Crippen LogP contribution >= 0.6 is 0 Å². The molecule has 0 bridgehead atoms. The van der Waals surface area contributed by atoms with Gasteiger partial charge in [0.1, 0.15) is 6.04 Å². The van der Waals surface area contributed by atoms with Gasteiger partial charge in [-0.1, -0.05) is 0 Å². The highest BCUT2D eigenvalue weighted by atomic mass is 16.8. The fourth-order valence-corrected chi connectivity index (χ4v) is 3.17. The summed E-state index contributed by atoms with van der Waals surface area (Å²) in [5.41, 5.74) is 0. The zero-order valence-corrected chi connectivity index (χ0v) is 17.1. The lowest BCUT2D eigenvalue weighted by Gasteiger charge is -2.41. The van der Waals surface area contributed by atoms with Crippen molar-refractivity contribution < 1.29 is 28.8 Å². The molecule has 4 amide bonds. The van der Waals surface area contributed by atoms with Crippen LogP contribution in [0.15, 0.2) is 0 Å². The van der Waals surface area contributed by atoms with E-state index < -0.39 is 17.8 Å². The fourth-order valence-electron chi connectivity index (χ4n) is 3.17. The quantitative estimate of drug-likeness (QED) is 0.268. The number of hydrogen-bond donors (Lipinski definition) is 2. The molecule has 2 N–H and O–H groups in total. The van der Waals surface area contributed by atoms with Crippen LogP contribution in [0.2, 0.25) is 0 Å². The minimum Gasteiger partial charge on any atom is -0.355 e. The fraction of sp³-hybridized carbons (Fsp3) is 0.722. The number of nitrogens with zero attached hydrogens (tertiary/aromatic N) is 3. The minimum atomic E-state index is -0.777. The Labute approximate surface area is 169 Å². The van der Waals surface area contributed by atoms with E-state index in [-0.39, 0.29) is 56.6 Å². The third-order valence-corrected chi connectivity index (χ3v) is 5.10. The van der Waals surface area contributed by atoms with Crippen molar-refractivity contribution in [2.24, 2.45) is 0 Å². The molecule has 0 spiro atoms. The van der Waals surface area contributed by atoms with Crippen molar-refractivity contribution >= 4 is 29.6 Å². The summed E-state index contributed by atoms with van der Waals surface area (Å²) in [6, 6.07) is 0.119. The molecule has 2 fully saturated rings. The largest absolute Gasteiger partial charge is 0.355 e. The average Bonchev–Trinajstić information content (AvgIpc) is 2.96. The summed E-state index contributed by atoms with van der Waals surface area (Å²) in [4.78, 5) is 67.4. The highest BCUT2D eigenvalue weighted by Crippen LogP contribution is 2.13. The summed E-state index contributed by atoms with van der Waals surface area (Å²) in [7, 11) is 3.88. The number of hydroxylamine groups is 2. The van der Waals surface area contributed by atoms with Crippen LogP contribution in [-0.2, 0) is 28.8 Å². The number of carbonyl (C=O) groups is 5. The lowest BCUT2D eigenvalue weighted by atomic mass is 10.4. The molecule has 0 aromatic rings. The number of piperazine rings is 1. The van der Waals surface area contributed by atoms with E-state index in [0.717, 1.165) is 6.54 Å². The van der Waals surface area contributed by atoms with Crippen molar-refractivity contribution in [1.29, 1.82) is 0 Å². The number of nitrogens with one attached hydrogen (secondary N) is 2. The molecule has 2 aliphatic heterocycles. The second-order valence-electron chi connectivity index (χ2n) is 7.43. The Morgan fingerprint density at radius 3 is 2.24 bits per heavy atom. The van der Waals surface area contributed by atoms with E-state index >= 15 is 0 Å². The number of imide groups is 1. The lowest BCUT2D eigenvalue weighted by molar-refractivity contribution is -0.197. The Kier molecular flexibility index (Phi) is 8.09. The standard InChI is InChI=1S/C18H29N5O6/c1-12-10-22(3)13(11-21(12)2)18(28)20-8-6-14(24)19-9-7-17(27)29-23-15(25)4-5-16(23)26/h12-13H,4-11H2,1-3H3,(H,19,24)(H,20,28)/i1+1,2+1,3+1,10+1,11+1,12+1,13+1,17+1,21+1,22+1. The summed E-state index contributed by atoms with van der Waals surface area (Å²) in [5.74, 6) is -2.32. The minimum absolute atomic E-state index is 0.00980. The average molecular weight is 421 g/mol. The third kappa shape index (κ3) is 6.50. The summed E-state index contributed by atoms with van der Waals surface area (Å²) in [6.45, 7) is 3.72. The van der Waals surface area contributed by atoms with Gasteiger partial charge in [-0.15, -0.1) is 5.06 Å². The van der Waals surface area contributed by atoms with Crippen molar-refractivity contribution in [1.82, 2.24) is 25.5 Å². The van der Waals surface area contributed by atoms with Gasteiger partial charge in [0.05, 0.1) is 6.42 Å². The molecule has 2 heterocycles. The number of likely N-dealkylation sites (N-methyl/N-ethyl adjacent to an activating group) is 2. The Morgan fingerprint density at radius 1 is 0.966 bits per heavy atom. The van der Waals surface area contributed by atoms with Crippen molar-refractivity contribution in [2.45, 2.75) is 44.7 Å². The highest BCUT2D eigenvalue weighted by Gasteiger charge is 2.33. The van der Waals surface area contributed by atoms with Crippen LogP contribution in [0, 0.1) is 0 Å². The van der Waals surface area contributed by atoms with Crippen LogP contribution in [0.1, 0.15) is 32.6 Å². The zero-order valence-electron chi connectivity index (χ0n) is 17.1. The molecule has 2 unspecified atom stereocenters. The zero-order chi connectivity index (χ0) is 21.6. The van der Waals surface area contributed by atoms with Crippen LogP contribution in [0.25, 0.3) is 0 Å². The Morgan fingerprint density at radius 2 is 1.59 bits per heavy atom. The first-order chi connectivity index (χ1) is 13.7. The van der Waals surface area contributed by atoms with Crippen LogP contribution in [0.5, 0.6) is 0 Å². The Hall–Kier alpha value is -2.53. The Balaban J connectivity index is 1.60. The van der Waals surface area contributed by atoms with Crippen molar-refractivity contribution in [3.63, 3.8) is 0 Å². The SMILES string of the molecule is [13CH3][13CH]1[13CH2][15N]([13CH3])[13CH](C(=O)NCCC(=O)NCC[13C](=O)ON2C(=O)CCC2=O)[13CH2][15N]1[13CH3]. The molecule has 2 saturated heterocycles. The normalized spacial score (nSPS) is 23.2. The number of carbonyl (C=O) groups excluding carboxylic acids is 5. The van der Waals surface area contributed by atoms with Gasteiger partial charge in [0.2, 0.25) is 11.8 Å². The van der Waals surface area contributed by atoms with Gasteiger partial charge in [-0.05, 0) is 21.0 Å². The maximum Gasteiger partial charge on any atom is 0.334 e. The number of rotatable bonds is 8. The van der Waals surface area contributed by atoms with Crippen LogP contribution < -0.4 is 10.6 Å². The first-order valence-corrected chi connectivity index (χ1v) is 9.70. The van der Waals surface area contributed by atoms with Gasteiger partial charge >= 0.3 is 5.97 Å². The Bertz CT molecular complexity index is 653. The van der Waals surface area contributed by atoms with Gasteiger partial charge in [-0.3, -0.25) is 24.1 Å².